The number of halogens is 1. The molecule has 0 radical (unpaired) electrons. The van der Waals surface area contributed by atoms with Crippen LogP contribution >= 0.6 is 0 Å². The fraction of sp³-hybridized carbons (Fsp3) is 0.200. The first-order valence-corrected chi connectivity index (χ1v) is 7.45. The molecule has 0 saturated carbocycles. The molecule has 0 saturated heterocycles. The van der Waals surface area contributed by atoms with Gasteiger partial charge < -0.3 is 10.5 Å². The highest BCUT2D eigenvalue weighted by Gasteiger charge is 2.10. The van der Waals surface area contributed by atoms with Crippen LogP contribution in [0.25, 0.3) is 0 Å². The Morgan fingerprint density at radius 1 is 1.20 bits per heavy atom. The third-order valence-electron chi connectivity index (χ3n) is 2.94. The zero-order chi connectivity index (χ0) is 14.5. The van der Waals surface area contributed by atoms with Crippen molar-refractivity contribution in [3.05, 3.63) is 59.4 Å². The second-order valence-corrected chi connectivity index (χ2v) is 5.75. The molecule has 0 aliphatic carbocycles. The molecule has 2 aromatic carbocycles. The van der Waals surface area contributed by atoms with Crippen LogP contribution in [0.5, 0.6) is 5.75 Å². The van der Waals surface area contributed by atoms with Gasteiger partial charge in [0.1, 0.15) is 11.6 Å². The van der Waals surface area contributed by atoms with Gasteiger partial charge in [-0.05, 0) is 42.0 Å². The van der Waals surface area contributed by atoms with Crippen LogP contribution < -0.4 is 10.5 Å². The summed E-state index contributed by atoms with van der Waals surface area (Å²) in [6.45, 7) is 0.417. The fourth-order valence-corrected chi connectivity index (χ4v) is 3.00. The van der Waals surface area contributed by atoms with Crippen LogP contribution in [0.4, 0.5) is 4.39 Å². The minimum Gasteiger partial charge on any atom is -0.496 e. The highest BCUT2D eigenvalue weighted by molar-refractivity contribution is 7.84. The van der Waals surface area contributed by atoms with Crippen molar-refractivity contribution in [2.24, 2.45) is 5.73 Å². The molecule has 5 heteroatoms. The number of benzene rings is 2. The molecule has 0 heterocycles. The molecule has 106 valence electrons. The van der Waals surface area contributed by atoms with E-state index in [0.29, 0.717) is 22.9 Å². The van der Waals surface area contributed by atoms with Gasteiger partial charge in [-0.25, -0.2) is 4.39 Å². The first-order chi connectivity index (χ1) is 9.63. The van der Waals surface area contributed by atoms with Crippen LogP contribution in [0, 0.1) is 5.82 Å². The first-order valence-electron chi connectivity index (χ1n) is 6.14. The van der Waals surface area contributed by atoms with Crippen molar-refractivity contribution in [3.8, 4) is 5.75 Å². The highest BCUT2D eigenvalue weighted by atomic mass is 32.2. The van der Waals surface area contributed by atoms with Gasteiger partial charge in [-0.2, -0.15) is 0 Å². The summed E-state index contributed by atoms with van der Waals surface area (Å²) >= 11 is 0. The molecule has 20 heavy (non-hydrogen) atoms. The summed E-state index contributed by atoms with van der Waals surface area (Å²) in [5, 5.41) is 0. The number of hydrogen-bond donors (Lipinski definition) is 1. The van der Waals surface area contributed by atoms with Crippen molar-refractivity contribution in [1.82, 2.24) is 0 Å². The van der Waals surface area contributed by atoms with Gasteiger partial charge >= 0.3 is 0 Å². The molecule has 0 aromatic heterocycles. The number of hydrogen-bond acceptors (Lipinski definition) is 3. The van der Waals surface area contributed by atoms with Crippen molar-refractivity contribution in [2.45, 2.75) is 17.2 Å². The Balaban J connectivity index is 2.24. The first kappa shape index (κ1) is 14.7. The van der Waals surface area contributed by atoms with Gasteiger partial charge in [0.15, 0.2) is 0 Å². The van der Waals surface area contributed by atoms with E-state index in [4.69, 9.17) is 10.5 Å². The lowest BCUT2D eigenvalue weighted by Crippen LogP contribution is -2.02. The van der Waals surface area contributed by atoms with E-state index in [1.165, 1.54) is 24.3 Å². The lowest BCUT2D eigenvalue weighted by molar-refractivity contribution is 0.411. The van der Waals surface area contributed by atoms with Crippen LogP contribution in [0.15, 0.2) is 47.4 Å². The van der Waals surface area contributed by atoms with E-state index in [1.54, 1.807) is 7.11 Å². The van der Waals surface area contributed by atoms with Crippen LogP contribution in [-0.2, 0) is 23.1 Å². The molecule has 0 aliphatic heterocycles. The Morgan fingerprint density at radius 3 is 2.50 bits per heavy atom. The van der Waals surface area contributed by atoms with Crippen molar-refractivity contribution < 1.29 is 13.3 Å². The lowest BCUT2D eigenvalue weighted by atomic mass is 10.1. The molecule has 0 fully saturated rings. The summed E-state index contributed by atoms with van der Waals surface area (Å²) in [5.41, 5.74) is 7.40. The van der Waals surface area contributed by atoms with E-state index in [-0.39, 0.29) is 5.82 Å². The van der Waals surface area contributed by atoms with Gasteiger partial charge in [-0.3, -0.25) is 4.21 Å². The zero-order valence-electron chi connectivity index (χ0n) is 11.1. The lowest BCUT2D eigenvalue weighted by Gasteiger charge is -2.10. The summed E-state index contributed by atoms with van der Waals surface area (Å²) in [6.07, 6.45) is 0. The molecule has 0 amide bonds. The second kappa shape index (κ2) is 6.63. The minimum absolute atomic E-state index is 0.308. The fourth-order valence-electron chi connectivity index (χ4n) is 1.88. The van der Waals surface area contributed by atoms with Gasteiger partial charge in [0.05, 0.1) is 23.7 Å². The van der Waals surface area contributed by atoms with Crippen molar-refractivity contribution >= 4 is 10.8 Å². The standard InChI is InChI=1S/C15H16FNO2S/c1-19-15-7-2-11(9-17)8-12(15)10-20(18)14-5-3-13(16)4-6-14/h2-8H,9-10,17H2,1H3. The van der Waals surface area contributed by atoms with Crippen molar-refractivity contribution in [3.63, 3.8) is 0 Å². The van der Waals surface area contributed by atoms with Crippen molar-refractivity contribution in [1.29, 1.82) is 0 Å². The normalized spacial score (nSPS) is 12.2. The summed E-state index contributed by atoms with van der Waals surface area (Å²) in [6, 6.07) is 11.3. The van der Waals surface area contributed by atoms with Crippen LogP contribution in [-0.4, -0.2) is 11.3 Å². The molecule has 0 aliphatic rings. The van der Waals surface area contributed by atoms with E-state index < -0.39 is 10.8 Å². The van der Waals surface area contributed by atoms with Crippen LogP contribution in [0.2, 0.25) is 0 Å². The molecule has 2 rings (SSSR count). The summed E-state index contributed by atoms with van der Waals surface area (Å²) in [4.78, 5) is 0.589. The predicted molar refractivity (Wildman–Crippen MR) is 77.4 cm³/mol. The molecule has 3 nitrogen and oxygen atoms in total. The Labute approximate surface area is 120 Å². The van der Waals surface area contributed by atoms with E-state index in [2.05, 4.69) is 0 Å². The van der Waals surface area contributed by atoms with Gasteiger partial charge in [0.25, 0.3) is 0 Å². The maximum atomic E-state index is 12.9. The third kappa shape index (κ3) is 3.43. The van der Waals surface area contributed by atoms with E-state index in [1.807, 2.05) is 18.2 Å². The average molecular weight is 293 g/mol. The molecule has 2 N–H and O–H groups in total. The highest BCUT2D eigenvalue weighted by Crippen LogP contribution is 2.23. The maximum absolute atomic E-state index is 12.9. The van der Waals surface area contributed by atoms with Gasteiger partial charge in [-0.1, -0.05) is 6.07 Å². The van der Waals surface area contributed by atoms with Gasteiger partial charge in [0, 0.05) is 17.0 Å². The molecule has 1 unspecified atom stereocenters. The van der Waals surface area contributed by atoms with Gasteiger partial charge in [0.2, 0.25) is 0 Å². The molecule has 1 atom stereocenters. The van der Waals surface area contributed by atoms with E-state index in [0.717, 1.165) is 11.1 Å². The smallest absolute Gasteiger partial charge is 0.123 e. The summed E-state index contributed by atoms with van der Waals surface area (Å²) in [5.74, 6) is 0.647. The minimum atomic E-state index is -1.25. The molecule has 0 bridgehead atoms. The summed E-state index contributed by atoms with van der Waals surface area (Å²) < 4.78 is 30.4. The van der Waals surface area contributed by atoms with Crippen molar-refractivity contribution in [2.75, 3.05) is 7.11 Å². The number of ether oxygens (including phenoxy) is 1. The Bertz CT molecular complexity index is 614. The Morgan fingerprint density at radius 2 is 1.90 bits per heavy atom. The molecule has 2 aromatic rings. The van der Waals surface area contributed by atoms with E-state index >= 15 is 0 Å². The van der Waals surface area contributed by atoms with Crippen LogP contribution in [0.1, 0.15) is 11.1 Å². The number of nitrogens with two attached hydrogens (primary N) is 1. The monoisotopic (exact) mass is 293 g/mol. The zero-order valence-corrected chi connectivity index (χ0v) is 12.0. The Hall–Kier alpha value is -1.72. The number of methoxy groups -OCH3 is 1. The maximum Gasteiger partial charge on any atom is 0.123 e. The average Bonchev–Trinajstić information content (AvgIpc) is 2.47. The Kier molecular flexibility index (Phi) is 4.87. The predicted octanol–water partition coefficient (Wildman–Crippen LogP) is 2.60. The topological polar surface area (TPSA) is 52.3 Å². The third-order valence-corrected chi connectivity index (χ3v) is 4.31. The number of rotatable bonds is 5. The van der Waals surface area contributed by atoms with Gasteiger partial charge in [-0.15, -0.1) is 0 Å². The molecular weight excluding hydrogens is 277 g/mol. The quantitative estimate of drug-likeness (QED) is 0.922. The SMILES string of the molecule is COc1ccc(CN)cc1CS(=O)c1ccc(F)cc1. The molecule has 0 spiro atoms. The molecular formula is C15H16FNO2S. The largest absolute Gasteiger partial charge is 0.496 e. The van der Waals surface area contributed by atoms with Crippen LogP contribution in [0.3, 0.4) is 0 Å². The van der Waals surface area contributed by atoms with E-state index in [9.17, 15) is 8.60 Å². The second-order valence-electron chi connectivity index (χ2n) is 4.29. The summed E-state index contributed by atoms with van der Waals surface area (Å²) in [7, 11) is 0.319.